The van der Waals surface area contributed by atoms with Crippen LogP contribution < -0.4 is 5.73 Å². The van der Waals surface area contributed by atoms with E-state index in [4.69, 9.17) is 5.73 Å². The van der Waals surface area contributed by atoms with Crippen molar-refractivity contribution in [2.45, 2.75) is 13.1 Å². The summed E-state index contributed by atoms with van der Waals surface area (Å²) >= 11 is 3.34. The number of hydrogen-bond acceptors (Lipinski definition) is 3. The Labute approximate surface area is 89.6 Å². The van der Waals surface area contributed by atoms with Gasteiger partial charge in [-0.2, -0.15) is 10.2 Å². The second-order valence-corrected chi connectivity index (χ2v) is 3.84. The van der Waals surface area contributed by atoms with Gasteiger partial charge in [-0.25, -0.2) is 0 Å². The lowest BCUT2D eigenvalue weighted by atomic mass is 10.6. The largest absolute Gasteiger partial charge is 0.382 e. The summed E-state index contributed by atoms with van der Waals surface area (Å²) in [5.41, 5.74) is 5.49. The highest BCUT2D eigenvalue weighted by molar-refractivity contribution is 9.10. The van der Waals surface area contributed by atoms with E-state index >= 15 is 0 Å². The molecule has 0 unspecified atom stereocenters. The van der Waals surface area contributed by atoms with Crippen LogP contribution in [0.25, 0.3) is 0 Å². The number of halogens is 1. The van der Waals surface area contributed by atoms with E-state index in [1.165, 1.54) is 0 Å². The summed E-state index contributed by atoms with van der Waals surface area (Å²) in [6.45, 7) is 1.55. The fraction of sp³-hybridized carbons (Fsp3) is 0.250. The molecule has 0 bridgehead atoms. The molecule has 74 valence electrons. The van der Waals surface area contributed by atoms with Gasteiger partial charge in [0.2, 0.25) is 0 Å². The van der Waals surface area contributed by atoms with Crippen molar-refractivity contribution in [2.75, 3.05) is 5.73 Å². The zero-order valence-corrected chi connectivity index (χ0v) is 9.05. The molecule has 0 fully saturated rings. The normalized spacial score (nSPS) is 10.6. The number of nitrogens with zero attached hydrogens (tertiary/aromatic N) is 4. The van der Waals surface area contributed by atoms with Crippen molar-refractivity contribution in [3.63, 3.8) is 0 Å². The average Bonchev–Trinajstić information content (AvgIpc) is 2.72. The molecule has 0 radical (unpaired) electrons. The zero-order chi connectivity index (χ0) is 9.97. The Bertz CT molecular complexity index is 379. The van der Waals surface area contributed by atoms with Gasteiger partial charge in [0.15, 0.2) is 0 Å². The van der Waals surface area contributed by atoms with E-state index in [-0.39, 0.29) is 0 Å². The maximum atomic E-state index is 5.49. The van der Waals surface area contributed by atoms with E-state index in [1.54, 1.807) is 16.9 Å². The van der Waals surface area contributed by atoms with E-state index < -0.39 is 0 Å². The lowest BCUT2D eigenvalue weighted by Crippen LogP contribution is -2.08. The maximum absolute atomic E-state index is 5.49. The van der Waals surface area contributed by atoms with Gasteiger partial charge in [0, 0.05) is 12.4 Å². The van der Waals surface area contributed by atoms with Gasteiger partial charge in [0.05, 0.1) is 23.8 Å². The van der Waals surface area contributed by atoms with Gasteiger partial charge < -0.3 is 5.73 Å². The van der Waals surface area contributed by atoms with Crippen LogP contribution in [0.3, 0.4) is 0 Å². The summed E-state index contributed by atoms with van der Waals surface area (Å²) in [5.74, 6) is 0.548. The number of aromatic nitrogens is 4. The first-order chi connectivity index (χ1) is 6.74. The molecule has 2 aromatic heterocycles. The Morgan fingerprint density at radius 3 is 2.71 bits per heavy atom. The third kappa shape index (κ3) is 2.14. The van der Waals surface area contributed by atoms with Crippen LogP contribution in [-0.2, 0) is 13.1 Å². The lowest BCUT2D eigenvalue weighted by molar-refractivity contribution is 0.501. The van der Waals surface area contributed by atoms with Crippen molar-refractivity contribution in [1.82, 2.24) is 19.6 Å². The summed E-state index contributed by atoms with van der Waals surface area (Å²) in [5, 5.41) is 8.21. The zero-order valence-electron chi connectivity index (χ0n) is 7.47. The number of nitrogens with two attached hydrogens (primary N) is 1. The van der Waals surface area contributed by atoms with E-state index in [0.717, 1.165) is 17.6 Å². The molecule has 14 heavy (non-hydrogen) atoms. The standard InChI is InChI=1S/C8H10BrN5/c9-7-5-11-14(6-7)4-3-13-2-1-8(10)12-13/h1-2,5-6H,3-4H2,(H2,10,12). The first-order valence-corrected chi connectivity index (χ1v) is 5.00. The highest BCUT2D eigenvalue weighted by atomic mass is 79.9. The van der Waals surface area contributed by atoms with Gasteiger partial charge >= 0.3 is 0 Å². The molecule has 0 aromatic carbocycles. The number of hydrogen-bond donors (Lipinski definition) is 1. The third-order valence-electron chi connectivity index (χ3n) is 1.82. The maximum Gasteiger partial charge on any atom is 0.145 e. The Hall–Kier alpha value is -1.30. The summed E-state index contributed by atoms with van der Waals surface area (Å²) in [6, 6.07) is 1.78. The van der Waals surface area contributed by atoms with Crippen LogP contribution in [0, 0.1) is 0 Å². The van der Waals surface area contributed by atoms with Crippen LogP contribution in [0.4, 0.5) is 5.82 Å². The predicted molar refractivity (Wildman–Crippen MR) is 56.6 cm³/mol. The van der Waals surface area contributed by atoms with Gasteiger partial charge in [-0.15, -0.1) is 0 Å². The molecule has 0 spiro atoms. The van der Waals surface area contributed by atoms with Gasteiger partial charge in [-0.1, -0.05) is 0 Å². The molecule has 0 aliphatic rings. The third-order valence-corrected chi connectivity index (χ3v) is 2.23. The van der Waals surface area contributed by atoms with Crippen molar-refractivity contribution < 1.29 is 0 Å². The molecule has 2 rings (SSSR count). The van der Waals surface area contributed by atoms with E-state index in [9.17, 15) is 0 Å². The van der Waals surface area contributed by atoms with Crippen LogP contribution in [-0.4, -0.2) is 19.6 Å². The minimum atomic E-state index is 0.548. The second kappa shape index (κ2) is 3.83. The number of anilines is 1. The van der Waals surface area contributed by atoms with Gasteiger partial charge in [-0.3, -0.25) is 9.36 Å². The monoisotopic (exact) mass is 255 g/mol. The summed E-state index contributed by atoms with van der Waals surface area (Å²) in [6.07, 6.45) is 5.54. The van der Waals surface area contributed by atoms with Gasteiger partial charge in [0.25, 0.3) is 0 Å². The van der Waals surface area contributed by atoms with Crippen LogP contribution in [0.5, 0.6) is 0 Å². The molecule has 0 saturated carbocycles. The Morgan fingerprint density at radius 1 is 1.36 bits per heavy atom. The fourth-order valence-electron chi connectivity index (χ4n) is 1.17. The molecule has 0 aliphatic carbocycles. The first-order valence-electron chi connectivity index (χ1n) is 4.21. The van der Waals surface area contributed by atoms with Crippen molar-refractivity contribution in [1.29, 1.82) is 0 Å². The quantitative estimate of drug-likeness (QED) is 0.895. The fourth-order valence-corrected chi connectivity index (χ4v) is 1.50. The van der Waals surface area contributed by atoms with Crippen LogP contribution in [0.2, 0.25) is 0 Å². The molecule has 5 nitrogen and oxygen atoms in total. The number of nitrogen functional groups attached to an aromatic ring is 1. The summed E-state index contributed by atoms with van der Waals surface area (Å²) in [4.78, 5) is 0. The molecule has 6 heteroatoms. The van der Waals surface area contributed by atoms with Crippen molar-refractivity contribution in [3.05, 3.63) is 29.1 Å². The molecule has 0 amide bonds. The highest BCUT2D eigenvalue weighted by Gasteiger charge is 1.97. The minimum absolute atomic E-state index is 0.548. The van der Waals surface area contributed by atoms with Gasteiger partial charge in [0.1, 0.15) is 5.82 Å². The van der Waals surface area contributed by atoms with Crippen LogP contribution in [0.15, 0.2) is 29.1 Å². The molecule has 2 aromatic rings. The van der Waals surface area contributed by atoms with Crippen molar-refractivity contribution >= 4 is 21.7 Å². The molecular formula is C8H10BrN5. The van der Waals surface area contributed by atoms with Crippen LogP contribution >= 0.6 is 15.9 Å². The van der Waals surface area contributed by atoms with Crippen molar-refractivity contribution in [2.24, 2.45) is 0 Å². The predicted octanol–water partition coefficient (Wildman–Crippen LogP) is 1.12. The molecule has 2 N–H and O–H groups in total. The van der Waals surface area contributed by atoms with E-state index in [0.29, 0.717) is 5.82 Å². The lowest BCUT2D eigenvalue weighted by Gasteiger charge is -2.01. The topological polar surface area (TPSA) is 61.7 Å². The Kier molecular flexibility index (Phi) is 2.53. The summed E-state index contributed by atoms with van der Waals surface area (Å²) < 4.78 is 4.63. The first kappa shape index (κ1) is 9.26. The molecular weight excluding hydrogens is 246 g/mol. The van der Waals surface area contributed by atoms with Crippen molar-refractivity contribution in [3.8, 4) is 0 Å². The summed E-state index contributed by atoms with van der Waals surface area (Å²) in [7, 11) is 0. The second-order valence-electron chi connectivity index (χ2n) is 2.93. The number of rotatable bonds is 3. The SMILES string of the molecule is Nc1ccn(CCn2cc(Br)cn2)n1. The van der Waals surface area contributed by atoms with Crippen LogP contribution in [0.1, 0.15) is 0 Å². The number of aryl methyl sites for hydroxylation is 2. The van der Waals surface area contributed by atoms with E-state index in [1.807, 2.05) is 17.1 Å². The Balaban J connectivity index is 1.94. The minimum Gasteiger partial charge on any atom is -0.382 e. The highest BCUT2D eigenvalue weighted by Crippen LogP contribution is 2.06. The smallest absolute Gasteiger partial charge is 0.145 e. The molecule has 0 atom stereocenters. The average molecular weight is 256 g/mol. The Morgan fingerprint density at radius 2 is 2.14 bits per heavy atom. The molecule has 0 saturated heterocycles. The molecule has 0 aliphatic heterocycles. The van der Waals surface area contributed by atoms with Gasteiger partial charge in [-0.05, 0) is 22.0 Å². The van der Waals surface area contributed by atoms with E-state index in [2.05, 4.69) is 26.1 Å². The molecule has 2 heterocycles.